The van der Waals surface area contributed by atoms with Crippen molar-refractivity contribution < 1.29 is 4.79 Å². The van der Waals surface area contributed by atoms with E-state index in [0.717, 1.165) is 35.9 Å². The molecule has 6 heteroatoms. The van der Waals surface area contributed by atoms with E-state index in [2.05, 4.69) is 25.9 Å². The summed E-state index contributed by atoms with van der Waals surface area (Å²) >= 11 is 0. The molecule has 0 bridgehead atoms. The predicted molar refractivity (Wildman–Crippen MR) is 94.2 cm³/mol. The predicted octanol–water partition coefficient (Wildman–Crippen LogP) is 3.70. The van der Waals surface area contributed by atoms with Crippen molar-refractivity contribution in [3.8, 4) is 0 Å². The third kappa shape index (κ3) is 5.25. The van der Waals surface area contributed by atoms with Crippen molar-refractivity contribution in [1.29, 1.82) is 0 Å². The first kappa shape index (κ1) is 16.7. The van der Waals surface area contributed by atoms with Crippen molar-refractivity contribution in [3.63, 3.8) is 0 Å². The molecule has 122 valence electrons. The summed E-state index contributed by atoms with van der Waals surface area (Å²) < 4.78 is 0. The summed E-state index contributed by atoms with van der Waals surface area (Å²) in [7, 11) is 0. The number of hydrogen-bond donors (Lipinski definition) is 3. The van der Waals surface area contributed by atoms with Gasteiger partial charge in [-0.15, -0.1) is 0 Å². The van der Waals surface area contributed by atoms with Gasteiger partial charge in [-0.1, -0.05) is 6.92 Å². The highest BCUT2D eigenvalue weighted by Crippen LogP contribution is 2.18. The van der Waals surface area contributed by atoms with Crippen LogP contribution in [0.2, 0.25) is 0 Å². The number of rotatable bonds is 7. The van der Waals surface area contributed by atoms with Gasteiger partial charge in [0.15, 0.2) is 0 Å². The van der Waals surface area contributed by atoms with Crippen molar-refractivity contribution in [3.05, 3.63) is 36.0 Å². The molecule has 1 heterocycles. The lowest BCUT2D eigenvalue weighted by atomic mass is 10.2. The number of nitrogens with zero attached hydrogens (tertiary/aromatic N) is 2. The van der Waals surface area contributed by atoms with Gasteiger partial charge in [0.25, 0.3) is 0 Å². The van der Waals surface area contributed by atoms with Crippen LogP contribution in [0.5, 0.6) is 0 Å². The first-order valence-corrected chi connectivity index (χ1v) is 7.87. The fourth-order valence-corrected chi connectivity index (χ4v) is 2.11. The maximum absolute atomic E-state index is 11.6. The van der Waals surface area contributed by atoms with E-state index in [9.17, 15) is 4.79 Å². The second-order valence-corrected chi connectivity index (χ2v) is 5.25. The van der Waals surface area contributed by atoms with Crippen molar-refractivity contribution in [1.82, 2.24) is 9.97 Å². The normalized spacial score (nSPS) is 10.2. The summed E-state index contributed by atoms with van der Waals surface area (Å²) in [6.07, 6.45) is 1.37. The van der Waals surface area contributed by atoms with E-state index in [1.165, 1.54) is 0 Å². The fourth-order valence-electron chi connectivity index (χ4n) is 2.11. The van der Waals surface area contributed by atoms with Gasteiger partial charge in [0.05, 0.1) is 0 Å². The highest BCUT2D eigenvalue weighted by molar-refractivity contribution is 5.90. The zero-order chi connectivity index (χ0) is 16.7. The minimum Gasteiger partial charge on any atom is -0.370 e. The van der Waals surface area contributed by atoms with Crippen LogP contribution in [0.3, 0.4) is 0 Å². The Balaban J connectivity index is 2.04. The van der Waals surface area contributed by atoms with Crippen LogP contribution in [-0.2, 0) is 4.79 Å². The highest BCUT2D eigenvalue weighted by atomic mass is 16.1. The molecule has 3 N–H and O–H groups in total. The molecule has 0 unspecified atom stereocenters. The Bertz CT molecular complexity index is 655. The van der Waals surface area contributed by atoms with Crippen LogP contribution in [0.25, 0.3) is 0 Å². The van der Waals surface area contributed by atoms with Gasteiger partial charge in [-0.3, -0.25) is 4.79 Å². The Morgan fingerprint density at radius 1 is 1.09 bits per heavy atom. The average molecular weight is 313 g/mol. The van der Waals surface area contributed by atoms with Crippen LogP contribution < -0.4 is 16.0 Å². The Hall–Kier alpha value is -2.63. The number of benzene rings is 1. The SMILES string of the molecule is CCCC(=O)Nc1ccc(Nc2nc(C)cc(NCC)n2)cc1. The summed E-state index contributed by atoms with van der Waals surface area (Å²) in [4.78, 5) is 20.4. The van der Waals surface area contributed by atoms with Gasteiger partial charge in [0, 0.05) is 36.1 Å². The summed E-state index contributed by atoms with van der Waals surface area (Å²) in [5.74, 6) is 1.38. The largest absolute Gasteiger partial charge is 0.370 e. The minimum atomic E-state index is 0.0329. The molecule has 0 aliphatic carbocycles. The molecule has 6 nitrogen and oxygen atoms in total. The van der Waals surface area contributed by atoms with Crippen molar-refractivity contribution in [2.24, 2.45) is 0 Å². The molecule has 0 aliphatic rings. The van der Waals surface area contributed by atoms with Gasteiger partial charge in [0.1, 0.15) is 5.82 Å². The maximum Gasteiger partial charge on any atom is 0.229 e. The number of aromatic nitrogens is 2. The molecular weight excluding hydrogens is 290 g/mol. The van der Waals surface area contributed by atoms with Crippen molar-refractivity contribution in [2.45, 2.75) is 33.6 Å². The maximum atomic E-state index is 11.6. The summed E-state index contributed by atoms with van der Waals surface area (Å²) in [6, 6.07) is 9.40. The van der Waals surface area contributed by atoms with E-state index in [1.54, 1.807) is 0 Å². The Labute approximate surface area is 136 Å². The third-order valence-corrected chi connectivity index (χ3v) is 3.11. The van der Waals surface area contributed by atoms with Gasteiger partial charge in [0.2, 0.25) is 11.9 Å². The molecule has 1 aromatic heterocycles. The molecular formula is C17H23N5O. The van der Waals surface area contributed by atoms with Gasteiger partial charge < -0.3 is 16.0 Å². The minimum absolute atomic E-state index is 0.0329. The fraction of sp³-hybridized carbons (Fsp3) is 0.353. The molecule has 0 spiro atoms. The zero-order valence-electron chi connectivity index (χ0n) is 13.8. The van der Waals surface area contributed by atoms with Gasteiger partial charge in [-0.2, -0.15) is 4.98 Å². The average Bonchev–Trinajstić information content (AvgIpc) is 2.49. The topological polar surface area (TPSA) is 78.9 Å². The number of carbonyl (C=O) groups is 1. The number of carbonyl (C=O) groups excluding carboxylic acids is 1. The van der Waals surface area contributed by atoms with E-state index in [4.69, 9.17) is 0 Å². The Morgan fingerprint density at radius 3 is 2.43 bits per heavy atom. The van der Waals surface area contributed by atoms with Crippen molar-refractivity contribution >= 4 is 29.0 Å². The Morgan fingerprint density at radius 2 is 1.78 bits per heavy atom. The summed E-state index contributed by atoms with van der Waals surface area (Å²) in [5, 5.41) is 9.21. The van der Waals surface area contributed by atoms with Crippen LogP contribution >= 0.6 is 0 Å². The van der Waals surface area contributed by atoms with Crippen LogP contribution in [0.4, 0.5) is 23.1 Å². The van der Waals surface area contributed by atoms with Gasteiger partial charge >= 0.3 is 0 Å². The molecule has 0 atom stereocenters. The van der Waals surface area contributed by atoms with Gasteiger partial charge in [-0.05, 0) is 44.5 Å². The van der Waals surface area contributed by atoms with Crippen LogP contribution in [0.15, 0.2) is 30.3 Å². The third-order valence-electron chi connectivity index (χ3n) is 3.11. The quantitative estimate of drug-likeness (QED) is 0.726. The molecule has 0 aliphatic heterocycles. The van der Waals surface area contributed by atoms with Gasteiger partial charge in [-0.25, -0.2) is 4.98 Å². The van der Waals surface area contributed by atoms with Crippen LogP contribution in [0, 0.1) is 6.92 Å². The van der Waals surface area contributed by atoms with Crippen LogP contribution in [-0.4, -0.2) is 22.4 Å². The smallest absolute Gasteiger partial charge is 0.229 e. The summed E-state index contributed by atoms with van der Waals surface area (Å²) in [5.41, 5.74) is 2.54. The first-order chi connectivity index (χ1) is 11.1. The highest BCUT2D eigenvalue weighted by Gasteiger charge is 2.04. The zero-order valence-corrected chi connectivity index (χ0v) is 13.8. The molecule has 0 radical (unpaired) electrons. The molecule has 0 fully saturated rings. The molecule has 0 saturated carbocycles. The van der Waals surface area contributed by atoms with E-state index >= 15 is 0 Å². The van der Waals surface area contributed by atoms with E-state index < -0.39 is 0 Å². The molecule has 1 amide bonds. The lowest BCUT2D eigenvalue weighted by Crippen LogP contribution is -2.10. The lowest BCUT2D eigenvalue weighted by Gasteiger charge is -2.10. The number of amides is 1. The lowest BCUT2D eigenvalue weighted by molar-refractivity contribution is -0.116. The second kappa shape index (κ2) is 8.12. The van der Waals surface area contributed by atoms with E-state index in [1.807, 2.05) is 51.1 Å². The molecule has 0 saturated heterocycles. The van der Waals surface area contributed by atoms with Crippen LogP contribution in [0.1, 0.15) is 32.4 Å². The summed E-state index contributed by atoms with van der Waals surface area (Å²) in [6.45, 7) is 6.74. The Kier molecular flexibility index (Phi) is 5.91. The number of nitrogens with one attached hydrogen (secondary N) is 3. The molecule has 2 aromatic rings. The first-order valence-electron chi connectivity index (χ1n) is 7.87. The molecule has 1 aromatic carbocycles. The van der Waals surface area contributed by atoms with Crippen molar-refractivity contribution in [2.75, 3.05) is 22.5 Å². The number of aryl methyl sites for hydroxylation is 1. The molecule has 2 rings (SSSR count). The second-order valence-electron chi connectivity index (χ2n) is 5.25. The number of anilines is 4. The van der Waals surface area contributed by atoms with E-state index in [0.29, 0.717) is 12.4 Å². The number of hydrogen-bond acceptors (Lipinski definition) is 5. The molecule has 23 heavy (non-hydrogen) atoms. The van der Waals surface area contributed by atoms with E-state index in [-0.39, 0.29) is 5.91 Å². The standard InChI is InChI=1S/C17H23N5O/c1-4-6-16(23)20-13-7-9-14(10-8-13)21-17-19-12(3)11-15(22-17)18-5-2/h7-11H,4-6H2,1-3H3,(H,20,23)(H2,18,19,21,22). The monoisotopic (exact) mass is 313 g/mol.